The van der Waals surface area contributed by atoms with Crippen LogP contribution in [0.15, 0.2) is 53.5 Å². The molecule has 0 saturated carbocycles. The van der Waals surface area contributed by atoms with Crippen LogP contribution in [-0.4, -0.2) is 19.4 Å². The van der Waals surface area contributed by atoms with Gasteiger partial charge >= 0.3 is 6.36 Å². The number of hydrogen-bond acceptors (Lipinski definition) is 2. The van der Waals surface area contributed by atoms with Gasteiger partial charge in [0.15, 0.2) is 5.96 Å². The zero-order chi connectivity index (χ0) is 18.3. The molecule has 2 aromatic rings. The van der Waals surface area contributed by atoms with E-state index in [0.29, 0.717) is 23.6 Å². The van der Waals surface area contributed by atoms with Crippen LogP contribution in [0.2, 0.25) is 0 Å². The van der Waals surface area contributed by atoms with E-state index in [2.05, 4.69) is 20.4 Å². The highest BCUT2D eigenvalue weighted by atomic mass is 19.4. The Morgan fingerprint density at radius 1 is 1.04 bits per heavy atom. The van der Waals surface area contributed by atoms with Crippen molar-refractivity contribution in [2.24, 2.45) is 4.99 Å². The molecule has 0 radical (unpaired) electrons. The van der Waals surface area contributed by atoms with Crippen LogP contribution < -0.4 is 15.4 Å². The SMILES string of the molecule is CN=C(NCc1cccc(F)c1)NCc1ccccc1OC(F)(F)F. The number of nitrogens with zero attached hydrogens (tertiary/aromatic N) is 1. The predicted octanol–water partition coefficient (Wildman–Crippen LogP) is 3.59. The third-order valence-electron chi connectivity index (χ3n) is 3.22. The van der Waals surface area contributed by atoms with Gasteiger partial charge in [-0.15, -0.1) is 13.2 Å². The summed E-state index contributed by atoms with van der Waals surface area (Å²) in [5, 5.41) is 5.85. The van der Waals surface area contributed by atoms with E-state index in [1.165, 1.54) is 37.4 Å². The second-order valence-electron chi connectivity index (χ2n) is 5.06. The number of aliphatic imine (C=N–C) groups is 1. The number of hydrogen-bond donors (Lipinski definition) is 2. The molecule has 2 rings (SSSR count). The average Bonchev–Trinajstić information content (AvgIpc) is 2.55. The molecule has 2 N–H and O–H groups in total. The maximum Gasteiger partial charge on any atom is 0.573 e. The minimum absolute atomic E-state index is 0.0784. The van der Waals surface area contributed by atoms with E-state index in [1.807, 2.05) is 0 Å². The van der Waals surface area contributed by atoms with Crippen molar-refractivity contribution in [2.45, 2.75) is 19.5 Å². The topological polar surface area (TPSA) is 45.7 Å². The van der Waals surface area contributed by atoms with Crippen molar-refractivity contribution in [3.05, 3.63) is 65.5 Å². The minimum Gasteiger partial charge on any atom is -0.405 e. The Labute approximate surface area is 142 Å². The highest BCUT2D eigenvalue weighted by Crippen LogP contribution is 2.26. The van der Waals surface area contributed by atoms with E-state index in [-0.39, 0.29) is 18.1 Å². The van der Waals surface area contributed by atoms with E-state index >= 15 is 0 Å². The van der Waals surface area contributed by atoms with Gasteiger partial charge in [0.1, 0.15) is 11.6 Å². The Hall–Kier alpha value is -2.77. The van der Waals surface area contributed by atoms with Gasteiger partial charge < -0.3 is 15.4 Å². The van der Waals surface area contributed by atoms with Gasteiger partial charge in [0.05, 0.1) is 0 Å². The van der Waals surface area contributed by atoms with Crippen molar-refractivity contribution >= 4 is 5.96 Å². The first-order chi connectivity index (χ1) is 11.9. The van der Waals surface area contributed by atoms with Gasteiger partial charge in [0, 0.05) is 25.7 Å². The molecule has 0 unspecified atom stereocenters. The Balaban J connectivity index is 1.95. The van der Waals surface area contributed by atoms with Gasteiger partial charge in [0.25, 0.3) is 0 Å². The summed E-state index contributed by atoms with van der Waals surface area (Å²) in [7, 11) is 1.53. The summed E-state index contributed by atoms with van der Waals surface area (Å²) in [6.07, 6.45) is -4.76. The second-order valence-corrected chi connectivity index (χ2v) is 5.06. The van der Waals surface area contributed by atoms with E-state index in [1.54, 1.807) is 18.2 Å². The predicted molar refractivity (Wildman–Crippen MR) is 86.6 cm³/mol. The third-order valence-corrected chi connectivity index (χ3v) is 3.22. The summed E-state index contributed by atoms with van der Waals surface area (Å²) < 4.78 is 54.4. The number of nitrogens with one attached hydrogen (secondary N) is 2. The maximum absolute atomic E-state index is 13.1. The van der Waals surface area contributed by atoms with E-state index in [0.717, 1.165) is 0 Å². The summed E-state index contributed by atoms with van der Waals surface area (Å²) in [6.45, 7) is 0.396. The molecule has 0 fully saturated rings. The molecule has 0 aliphatic rings. The third kappa shape index (κ3) is 6.33. The Bertz CT molecular complexity index is 732. The van der Waals surface area contributed by atoms with Crippen molar-refractivity contribution in [2.75, 3.05) is 7.05 Å². The summed E-state index contributed by atoms with van der Waals surface area (Å²) >= 11 is 0. The Morgan fingerprint density at radius 2 is 1.76 bits per heavy atom. The van der Waals surface area contributed by atoms with Crippen LogP contribution in [0.4, 0.5) is 17.6 Å². The lowest BCUT2D eigenvalue weighted by Gasteiger charge is -2.15. The highest BCUT2D eigenvalue weighted by Gasteiger charge is 2.31. The van der Waals surface area contributed by atoms with Gasteiger partial charge in [0.2, 0.25) is 0 Å². The molecule has 134 valence electrons. The molecule has 8 heteroatoms. The van der Waals surface area contributed by atoms with E-state index in [4.69, 9.17) is 0 Å². The standard InChI is InChI=1S/C17H17F4N3O/c1-22-16(23-10-12-5-4-7-14(18)9-12)24-11-13-6-2-3-8-15(13)25-17(19,20)21/h2-9H,10-11H2,1H3,(H2,22,23,24). The minimum atomic E-state index is -4.76. The Kier molecular flexibility index (Phi) is 6.21. The van der Waals surface area contributed by atoms with Gasteiger partial charge in [-0.3, -0.25) is 4.99 Å². The van der Waals surface area contributed by atoms with Crippen molar-refractivity contribution in [1.29, 1.82) is 0 Å². The van der Waals surface area contributed by atoms with E-state index < -0.39 is 6.36 Å². The first kappa shape index (κ1) is 18.6. The van der Waals surface area contributed by atoms with Crippen molar-refractivity contribution in [1.82, 2.24) is 10.6 Å². The molecule has 0 bridgehead atoms. The number of halogens is 4. The summed E-state index contributed by atoms with van der Waals surface area (Å²) in [4.78, 5) is 3.98. The smallest absolute Gasteiger partial charge is 0.405 e. The largest absolute Gasteiger partial charge is 0.573 e. The fourth-order valence-corrected chi connectivity index (χ4v) is 2.11. The number of guanidine groups is 1. The number of rotatable bonds is 5. The number of benzene rings is 2. The zero-order valence-corrected chi connectivity index (χ0v) is 13.4. The van der Waals surface area contributed by atoms with E-state index in [9.17, 15) is 17.6 Å². The molecule has 0 aromatic heterocycles. The number of alkyl halides is 3. The summed E-state index contributed by atoms with van der Waals surface area (Å²) in [6, 6.07) is 11.9. The molecule has 0 saturated heterocycles. The highest BCUT2D eigenvalue weighted by molar-refractivity contribution is 5.79. The van der Waals surface area contributed by atoms with Gasteiger partial charge in [-0.25, -0.2) is 4.39 Å². The lowest BCUT2D eigenvalue weighted by atomic mass is 10.2. The maximum atomic E-state index is 13.1. The van der Waals surface area contributed by atoms with Crippen LogP contribution in [-0.2, 0) is 13.1 Å². The molecule has 0 atom stereocenters. The molecule has 2 aromatic carbocycles. The molecule has 0 aliphatic heterocycles. The molecule has 4 nitrogen and oxygen atoms in total. The lowest BCUT2D eigenvalue weighted by molar-refractivity contribution is -0.274. The monoisotopic (exact) mass is 355 g/mol. The van der Waals surface area contributed by atoms with Crippen molar-refractivity contribution in [3.63, 3.8) is 0 Å². The van der Waals surface area contributed by atoms with Crippen LogP contribution in [0.1, 0.15) is 11.1 Å². The number of para-hydroxylation sites is 1. The van der Waals surface area contributed by atoms with Crippen molar-refractivity contribution in [3.8, 4) is 5.75 Å². The number of ether oxygens (including phenoxy) is 1. The van der Waals surface area contributed by atoms with Crippen LogP contribution in [0.5, 0.6) is 5.75 Å². The summed E-state index contributed by atoms with van der Waals surface area (Å²) in [5.41, 5.74) is 1.04. The van der Waals surface area contributed by atoms with Crippen LogP contribution in [0.25, 0.3) is 0 Å². The molecule has 0 heterocycles. The van der Waals surface area contributed by atoms with Gasteiger partial charge in [-0.1, -0.05) is 30.3 Å². The lowest BCUT2D eigenvalue weighted by Crippen LogP contribution is -2.36. The zero-order valence-electron chi connectivity index (χ0n) is 13.4. The normalized spacial score (nSPS) is 12.0. The quantitative estimate of drug-likeness (QED) is 0.490. The van der Waals surface area contributed by atoms with Crippen LogP contribution >= 0.6 is 0 Å². The molecule has 25 heavy (non-hydrogen) atoms. The molecular formula is C17H17F4N3O. The fourth-order valence-electron chi connectivity index (χ4n) is 2.11. The first-order valence-corrected chi connectivity index (χ1v) is 7.40. The first-order valence-electron chi connectivity index (χ1n) is 7.40. The summed E-state index contributed by atoms with van der Waals surface area (Å²) in [5.74, 6) is -0.255. The molecule has 0 spiro atoms. The van der Waals surface area contributed by atoms with Gasteiger partial charge in [-0.05, 0) is 23.8 Å². The fraction of sp³-hybridized carbons (Fsp3) is 0.235. The molecule has 0 aliphatic carbocycles. The van der Waals surface area contributed by atoms with Crippen LogP contribution in [0.3, 0.4) is 0 Å². The van der Waals surface area contributed by atoms with Gasteiger partial charge in [-0.2, -0.15) is 0 Å². The second kappa shape index (κ2) is 8.36. The molecular weight excluding hydrogens is 338 g/mol. The molecule has 0 amide bonds. The van der Waals surface area contributed by atoms with Crippen molar-refractivity contribution < 1.29 is 22.3 Å². The Morgan fingerprint density at radius 3 is 2.44 bits per heavy atom. The average molecular weight is 355 g/mol. The van der Waals surface area contributed by atoms with Crippen LogP contribution in [0, 0.1) is 5.82 Å².